The van der Waals surface area contributed by atoms with Gasteiger partial charge in [0, 0.05) is 40.8 Å². The summed E-state index contributed by atoms with van der Waals surface area (Å²) in [6.45, 7) is 7.45. The van der Waals surface area contributed by atoms with E-state index in [0.29, 0.717) is 17.5 Å². The molecule has 1 unspecified atom stereocenters. The topological polar surface area (TPSA) is 76.6 Å². The number of hydrogen-bond acceptors (Lipinski definition) is 6. The number of carbonyl (C=O) groups excluding carboxylic acids is 1. The van der Waals surface area contributed by atoms with Gasteiger partial charge in [0.15, 0.2) is 6.61 Å². The molecule has 0 radical (unpaired) electrons. The normalized spacial score (nSPS) is 15.4. The van der Waals surface area contributed by atoms with E-state index < -0.39 is 0 Å². The van der Waals surface area contributed by atoms with Crippen molar-refractivity contribution in [1.29, 1.82) is 0 Å². The number of para-hydroxylation sites is 1. The van der Waals surface area contributed by atoms with Crippen molar-refractivity contribution in [3.63, 3.8) is 0 Å². The average molecular weight is 535 g/mol. The van der Waals surface area contributed by atoms with Crippen LogP contribution in [0.2, 0.25) is 0 Å². The number of nitrogens with one attached hydrogen (secondary N) is 1. The molecule has 1 amide bonds. The fourth-order valence-corrected chi connectivity index (χ4v) is 5.16. The maximum absolute atomic E-state index is 12.4. The van der Waals surface area contributed by atoms with E-state index in [1.54, 1.807) is 25.4 Å². The second-order valence-electron chi connectivity index (χ2n) is 9.77. The summed E-state index contributed by atoms with van der Waals surface area (Å²) in [7, 11) is 1.69. The van der Waals surface area contributed by atoms with Crippen molar-refractivity contribution in [2.24, 2.45) is 0 Å². The van der Waals surface area contributed by atoms with E-state index in [1.807, 2.05) is 42.5 Å². The first-order chi connectivity index (χ1) is 19.6. The molecule has 7 nitrogen and oxygen atoms in total. The fourth-order valence-electron chi connectivity index (χ4n) is 5.16. The van der Waals surface area contributed by atoms with E-state index in [1.165, 1.54) is 18.5 Å². The van der Waals surface area contributed by atoms with Crippen LogP contribution in [0.25, 0.3) is 23.6 Å². The maximum atomic E-state index is 12.4. The molecular weight excluding hydrogens is 500 g/mol. The summed E-state index contributed by atoms with van der Waals surface area (Å²) >= 11 is 0. The van der Waals surface area contributed by atoms with Crippen LogP contribution >= 0.6 is 0 Å². The average Bonchev–Trinajstić information content (AvgIpc) is 3.47. The Morgan fingerprint density at radius 1 is 1.07 bits per heavy atom. The molecule has 0 bridgehead atoms. The molecule has 0 saturated carbocycles. The number of rotatable bonds is 9. The molecule has 1 aliphatic heterocycles. The summed E-state index contributed by atoms with van der Waals surface area (Å²) in [6, 6.07) is 26.0. The lowest BCUT2D eigenvalue weighted by Crippen LogP contribution is -2.29. The van der Waals surface area contributed by atoms with Crippen LogP contribution in [-0.4, -0.2) is 42.2 Å². The highest BCUT2D eigenvalue weighted by Gasteiger charge is 2.23. The molecule has 40 heavy (non-hydrogen) atoms. The largest absolute Gasteiger partial charge is 0.495 e. The van der Waals surface area contributed by atoms with Gasteiger partial charge in [0.05, 0.1) is 12.8 Å². The van der Waals surface area contributed by atoms with Crippen LogP contribution in [0, 0.1) is 0 Å². The van der Waals surface area contributed by atoms with Crippen molar-refractivity contribution in [3.05, 3.63) is 101 Å². The molecule has 0 aliphatic carbocycles. The van der Waals surface area contributed by atoms with Crippen LogP contribution < -0.4 is 25.4 Å². The number of amides is 1. The molecule has 5 rings (SSSR count). The van der Waals surface area contributed by atoms with Gasteiger partial charge in [-0.1, -0.05) is 56.0 Å². The zero-order chi connectivity index (χ0) is 27.9. The molecule has 0 spiro atoms. The van der Waals surface area contributed by atoms with Gasteiger partial charge in [0.2, 0.25) is 5.95 Å². The van der Waals surface area contributed by atoms with Crippen molar-refractivity contribution in [1.82, 2.24) is 9.97 Å². The lowest BCUT2D eigenvalue weighted by atomic mass is 10.0. The Labute approximate surface area is 234 Å². The smallest absolute Gasteiger partial charge is 0.264 e. The highest BCUT2D eigenvalue weighted by molar-refractivity contribution is 5.90. The fraction of sp³-hybridized carbons (Fsp3) is 0.242. The molecule has 1 N–H and O–H groups in total. The van der Waals surface area contributed by atoms with E-state index in [4.69, 9.17) is 9.47 Å². The molecule has 1 fully saturated rings. The number of ether oxygens (including phenoxy) is 2. The Hall–Kier alpha value is -4.65. The molecule has 4 aromatic rings. The van der Waals surface area contributed by atoms with E-state index in [9.17, 15) is 4.79 Å². The zero-order valence-corrected chi connectivity index (χ0v) is 23.0. The van der Waals surface area contributed by atoms with Crippen molar-refractivity contribution in [3.8, 4) is 17.0 Å². The SMILES string of the molecule is C=c1ccc(-c2ccnc(NC(=O)COc3ccccc3)n2)c/c1=C(/OC)c1cccc(N2CCCC2CC)c1. The molecule has 1 atom stereocenters. The van der Waals surface area contributed by atoms with Gasteiger partial charge in [0.25, 0.3) is 5.91 Å². The van der Waals surface area contributed by atoms with Crippen LogP contribution in [-0.2, 0) is 9.53 Å². The molecular formula is C33H34N4O3. The standard InChI is InChI=1S/C33H34N4O3/c1-4-26-12-9-19-37(26)27-11-8-10-25(20-27)32(39-3)29-21-24(16-15-23(29)2)30-17-18-34-33(35-30)36-31(38)22-40-28-13-6-5-7-14-28/h5-8,10-11,13-18,20-21,26H,2,4,9,12,19,22H2,1,3H3,(H,34,35,36,38)/b32-29-. The van der Waals surface area contributed by atoms with Crippen LogP contribution in [0.5, 0.6) is 5.75 Å². The molecule has 1 aromatic heterocycles. The van der Waals surface area contributed by atoms with Crippen molar-refractivity contribution in [2.45, 2.75) is 32.2 Å². The second-order valence-corrected chi connectivity index (χ2v) is 9.77. The van der Waals surface area contributed by atoms with Gasteiger partial charge in [-0.3, -0.25) is 10.1 Å². The lowest BCUT2D eigenvalue weighted by Gasteiger charge is -2.26. The van der Waals surface area contributed by atoms with Crippen LogP contribution in [0.3, 0.4) is 0 Å². The van der Waals surface area contributed by atoms with Gasteiger partial charge < -0.3 is 14.4 Å². The van der Waals surface area contributed by atoms with Gasteiger partial charge in [0.1, 0.15) is 11.5 Å². The summed E-state index contributed by atoms with van der Waals surface area (Å²) in [5.41, 5.74) is 3.74. The number of aromatic nitrogens is 2. The van der Waals surface area contributed by atoms with Gasteiger partial charge in [-0.05, 0) is 60.9 Å². The first kappa shape index (κ1) is 26.9. The van der Waals surface area contributed by atoms with E-state index in [-0.39, 0.29) is 18.5 Å². The minimum Gasteiger partial charge on any atom is -0.495 e. The highest BCUT2D eigenvalue weighted by atomic mass is 16.5. The Kier molecular flexibility index (Phi) is 8.40. The van der Waals surface area contributed by atoms with Gasteiger partial charge in [-0.25, -0.2) is 9.97 Å². The summed E-state index contributed by atoms with van der Waals surface area (Å²) < 4.78 is 11.5. The molecule has 7 heteroatoms. The first-order valence-electron chi connectivity index (χ1n) is 13.6. The third kappa shape index (κ3) is 6.15. The summed E-state index contributed by atoms with van der Waals surface area (Å²) in [4.78, 5) is 23.7. The minimum atomic E-state index is -0.340. The Balaban J connectivity index is 1.41. The number of nitrogens with zero attached hydrogens (tertiary/aromatic N) is 3. The number of carbonyl (C=O) groups is 1. The van der Waals surface area contributed by atoms with Gasteiger partial charge >= 0.3 is 0 Å². The van der Waals surface area contributed by atoms with Crippen molar-refractivity contribution in [2.75, 3.05) is 30.5 Å². The molecule has 1 saturated heterocycles. The number of anilines is 2. The second kappa shape index (κ2) is 12.5. The quantitative estimate of drug-likeness (QED) is 0.334. The lowest BCUT2D eigenvalue weighted by molar-refractivity contribution is -0.118. The number of methoxy groups -OCH3 is 1. The zero-order valence-electron chi connectivity index (χ0n) is 23.0. The van der Waals surface area contributed by atoms with Crippen LogP contribution in [0.4, 0.5) is 11.6 Å². The third-order valence-corrected chi connectivity index (χ3v) is 7.16. The summed E-state index contributed by atoms with van der Waals surface area (Å²) in [5.74, 6) is 1.24. The predicted octanol–water partition coefficient (Wildman–Crippen LogP) is 4.75. The summed E-state index contributed by atoms with van der Waals surface area (Å²) in [6.07, 6.45) is 5.21. The Bertz CT molecular complexity index is 1590. The molecule has 204 valence electrons. The molecule has 3 aromatic carbocycles. The van der Waals surface area contributed by atoms with E-state index in [2.05, 4.69) is 58.0 Å². The van der Waals surface area contributed by atoms with Gasteiger partial charge in [-0.2, -0.15) is 0 Å². The first-order valence-corrected chi connectivity index (χ1v) is 13.6. The van der Waals surface area contributed by atoms with E-state index >= 15 is 0 Å². The Morgan fingerprint density at radius 2 is 1.93 bits per heavy atom. The highest BCUT2D eigenvalue weighted by Crippen LogP contribution is 2.29. The predicted molar refractivity (Wildman–Crippen MR) is 159 cm³/mol. The Morgan fingerprint density at radius 3 is 2.73 bits per heavy atom. The minimum absolute atomic E-state index is 0.139. The molecule has 1 aliphatic rings. The van der Waals surface area contributed by atoms with Crippen LogP contribution in [0.1, 0.15) is 31.7 Å². The maximum Gasteiger partial charge on any atom is 0.264 e. The van der Waals surface area contributed by atoms with Crippen molar-refractivity contribution < 1.29 is 14.3 Å². The van der Waals surface area contributed by atoms with Crippen LogP contribution in [0.15, 0.2) is 85.1 Å². The van der Waals surface area contributed by atoms with Crippen molar-refractivity contribution >= 4 is 29.9 Å². The monoisotopic (exact) mass is 534 g/mol. The number of hydrogen-bond donors (Lipinski definition) is 1. The van der Waals surface area contributed by atoms with Gasteiger partial charge in [-0.15, -0.1) is 0 Å². The third-order valence-electron chi connectivity index (χ3n) is 7.16. The number of benzene rings is 3. The summed E-state index contributed by atoms with van der Waals surface area (Å²) in [5, 5.41) is 4.44. The van der Waals surface area contributed by atoms with E-state index in [0.717, 1.165) is 40.3 Å². The molecule has 2 heterocycles.